The molecule has 30 heavy (non-hydrogen) atoms. The maximum Gasteiger partial charge on any atom is 0.308 e. The Morgan fingerprint density at radius 2 is 2.10 bits per heavy atom. The van der Waals surface area contributed by atoms with Gasteiger partial charge >= 0.3 is 5.97 Å². The minimum Gasteiger partial charge on any atom is -0.464 e. The van der Waals surface area contributed by atoms with Crippen LogP contribution < -0.4 is 5.32 Å². The lowest BCUT2D eigenvalue weighted by molar-refractivity contribution is -0.148. The highest BCUT2D eigenvalue weighted by molar-refractivity contribution is 6.36. The highest BCUT2D eigenvalue weighted by Gasteiger charge is 2.26. The molecule has 1 unspecified atom stereocenters. The number of esters is 1. The number of carbonyl (C=O) groups excluding carboxylic acids is 2. The van der Waals surface area contributed by atoms with Crippen molar-refractivity contribution >= 4 is 34.4 Å². The largest absolute Gasteiger partial charge is 0.464 e. The van der Waals surface area contributed by atoms with E-state index in [-0.39, 0.29) is 30.4 Å². The zero-order chi connectivity index (χ0) is 21.3. The van der Waals surface area contributed by atoms with Crippen LogP contribution in [0.5, 0.6) is 0 Å². The van der Waals surface area contributed by atoms with Crippen molar-refractivity contribution in [1.82, 2.24) is 15.2 Å². The number of hydrogen-bond acceptors (Lipinski definition) is 5. The SMILES string of the molecule is CC(C)C(=O)OCC1CN(C(=O)c2ccc3c(Cl)c4c(nc3c2)CCCC4)CCN1. The molecule has 1 aromatic heterocycles. The van der Waals surface area contributed by atoms with E-state index >= 15 is 0 Å². The summed E-state index contributed by atoms with van der Waals surface area (Å²) in [6, 6.07) is 5.54. The van der Waals surface area contributed by atoms with E-state index in [1.807, 2.05) is 36.9 Å². The molecule has 1 amide bonds. The van der Waals surface area contributed by atoms with Crippen LogP contribution in [0.1, 0.15) is 48.3 Å². The third-order valence-corrected chi connectivity index (χ3v) is 6.31. The van der Waals surface area contributed by atoms with Crippen molar-refractivity contribution in [3.05, 3.63) is 40.0 Å². The molecule has 2 aliphatic rings. The van der Waals surface area contributed by atoms with Crippen LogP contribution in [0.25, 0.3) is 10.9 Å². The van der Waals surface area contributed by atoms with Gasteiger partial charge in [0, 0.05) is 36.3 Å². The van der Waals surface area contributed by atoms with E-state index in [0.717, 1.165) is 52.9 Å². The fourth-order valence-corrected chi connectivity index (χ4v) is 4.52. The Morgan fingerprint density at radius 1 is 1.30 bits per heavy atom. The molecule has 4 rings (SSSR count). The van der Waals surface area contributed by atoms with Crippen LogP contribution in [0.4, 0.5) is 0 Å². The third kappa shape index (κ3) is 4.30. The molecule has 1 fully saturated rings. The summed E-state index contributed by atoms with van der Waals surface area (Å²) in [5.41, 5.74) is 3.62. The number of carbonyl (C=O) groups is 2. The first-order chi connectivity index (χ1) is 14.4. The van der Waals surface area contributed by atoms with Crippen molar-refractivity contribution in [3.8, 4) is 0 Å². The van der Waals surface area contributed by atoms with Crippen LogP contribution in [0.15, 0.2) is 18.2 Å². The first-order valence-corrected chi connectivity index (χ1v) is 11.1. The van der Waals surface area contributed by atoms with Crippen molar-refractivity contribution in [2.75, 3.05) is 26.2 Å². The van der Waals surface area contributed by atoms with Gasteiger partial charge in [0.15, 0.2) is 0 Å². The highest BCUT2D eigenvalue weighted by atomic mass is 35.5. The molecule has 0 saturated carbocycles. The standard InChI is InChI=1S/C23H28ClN3O3/c1-14(2)23(29)30-13-16-12-27(10-9-25-16)22(28)15-7-8-18-20(11-15)26-19-6-4-3-5-17(19)21(18)24/h7-8,11,14,16,25H,3-6,9-10,12-13H2,1-2H3. The number of rotatable bonds is 4. The molecule has 1 aliphatic heterocycles. The van der Waals surface area contributed by atoms with Crippen molar-refractivity contribution in [2.24, 2.45) is 5.92 Å². The molecule has 0 spiro atoms. The fraction of sp³-hybridized carbons (Fsp3) is 0.522. The van der Waals surface area contributed by atoms with Crippen LogP contribution in [-0.4, -0.2) is 54.0 Å². The van der Waals surface area contributed by atoms with Crippen LogP contribution in [0.3, 0.4) is 0 Å². The van der Waals surface area contributed by atoms with Gasteiger partial charge in [-0.2, -0.15) is 0 Å². The van der Waals surface area contributed by atoms with Crippen LogP contribution in [0.2, 0.25) is 5.02 Å². The van der Waals surface area contributed by atoms with Crippen molar-refractivity contribution in [1.29, 1.82) is 0 Å². The highest BCUT2D eigenvalue weighted by Crippen LogP contribution is 2.33. The molecule has 2 aromatic rings. The van der Waals surface area contributed by atoms with E-state index in [2.05, 4.69) is 5.32 Å². The van der Waals surface area contributed by atoms with E-state index < -0.39 is 0 Å². The number of benzene rings is 1. The van der Waals surface area contributed by atoms with Gasteiger partial charge in [0.05, 0.1) is 22.5 Å². The van der Waals surface area contributed by atoms with E-state index in [4.69, 9.17) is 21.3 Å². The van der Waals surface area contributed by atoms with Gasteiger partial charge in [0.2, 0.25) is 0 Å². The predicted molar refractivity (Wildman–Crippen MR) is 117 cm³/mol. The quantitative estimate of drug-likeness (QED) is 0.754. The molecule has 1 N–H and O–H groups in total. The molecule has 1 aliphatic carbocycles. The fourth-order valence-electron chi connectivity index (χ4n) is 4.15. The first kappa shape index (κ1) is 21.1. The van der Waals surface area contributed by atoms with Crippen molar-refractivity contribution in [2.45, 2.75) is 45.6 Å². The minimum absolute atomic E-state index is 0.0331. The third-order valence-electron chi connectivity index (χ3n) is 5.88. The predicted octanol–water partition coefficient (Wildman–Crippen LogP) is 3.38. The summed E-state index contributed by atoms with van der Waals surface area (Å²) < 4.78 is 5.34. The maximum atomic E-state index is 13.1. The van der Waals surface area contributed by atoms with Gasteiger partial charge in [-0.25, -0.2) is 0 Å². The number of nitrogens with zero attached hydrogens (tertiary/aromatic N) is 2. The lowest BCUT2D eigenvalue weighted by Crippen LogP contribution is -2.54. The summed E-state index contributed by atoms with van der Waals surface area (Å²) in [6.45, 7) is 5.67. The van der Waals surface area contributed by atoms with Crippen LogP contribution in [0, 0.1) is 5.92 Å². The molecule has 0 bridgehead atoms. The zero-order valence-corrected chi connectivity index (χ0v) is 18.3. The van der Waals surface area contributed by atoms with E-state index in [0.29, 0.717) is 25.2 Å². The Morgan fingerprint density at radius 3 is 2.90 bits per heavy atom. The Labute approximate surface area is 181 Å². The molecular weight excluding hydrogens is 402 g/mol. The lowest BCUT2D eigenvalue weighted by Gasteiger charge is -2.33. The van der Waals surface area contributed by atoms with Gasteiger partial charge in [0.1, 0.15) is 6.61 Å². The van der Waals surface area contributed by atoms with Gasteiger partial charge in [-0.05, 0) is 43.4 Å². The molecule has 1 saturated heterocycles. The minimum atomic E-state index is -0.221. The number of pyridine rings is 1. The summed E-state index contributed by atoms with van der Waals surface area (Å²) in [5, 5.41) is 5.01. The molecule has 1 atom stereocenters. The Balaban J connectivity index is 1.50. The van der Waals surface area contributed by atoms with Crippen LogP contribution in [-0.2, 0) is 22.4 Å². The van der Waals surface area contributed by atoms with Crippen molar-refractivity contribution in [3.63, 3.8) is 0 Å². The number of ether oxygens (including phenoxy) is 1. The monoisotopic (exact) mass is 429 g/mol. The van der Waals surface area contributed by atoms with E-state index in [1.165, 1.54) is 0 Å². The summed E-state index contributed by atoms with van der Waals surface area (Å²) in [4.78, 5) is 31.5. The second-order valence-electron chi connectivity index (χ2n) is 8.48. The summed E-state index contributed by atoms with van der Waals surface area (Å²) in [6.07, 6.45) is 4.19. The second-order valence-corrected chi connectivity index (χ2v) is 8.85. The van der Waals surface area contributed by atoms with Crippen molar-refractivity contribution < 1.29 is 14.3 Å². The van der Waals surface area contributed by atoms with Crippen LogP contribution >= 0.6 is 11.6 Å². The smallest absolute Gasteiger partial charge is 0.308 e. The van der Waals surface area contributed by atoms with E-state index in [1.54, 1.807) is 0 Å². The number of halogens is 1. The second kappa shape index (κ2) is 8.90. The number of piperazine rings is 1. The Bertz CT molecular complexity index is 976. The zero-order valence-electron chi connectivity index (χ0n) is 17.5. The molecular formula is C23H28ClN3O3. The number of nitrogens with one attached hydrogen (secondary N) is 1. The topological polar surface area (TPSA) is 71.5 Å². The Kier molecular flexibility index (Phi) is 6.25. The van der Waals surface area contributed by atoms with Gasteiger partial charge in [-0.15, -0.1) is 0 Å². The average Bonchev–Trinajstić information content (AvgIpc) is 2.77. The number of aromatic nitrogens is 1. The molecule has 160 valence electrons. The molecule has 0 radical (unpaired) electrons. The van der Waals surface area contributed by atoms with Gasteiger partial charge in [-0.1, -0.05) is 31.5 Å². The van der Waals surface area contributed by atoms with Gasteiger partial charge in [0.25, 0.3) is 5.91 Å². The van der Waals surface area contributed by atoms with Gasteiger partial charge < -0.3 is 15.0 Å². The number of hydrogen-bond donors (Lipinski definition) is 1. The number of amides is 1. The molecule has 1 aromatic carbocycles. The number of fused-ring (bicyclic) bond motifs is 2. The molecule has 6 nitrogen and oxygen atoms in total. The maximum absolute atomic E-state index is 13.1. The summed E-state index contributed by atoms with van der Waals surface area (Å²) in [5.74, 6) is -0.413. The Hall–Kier alpha value is -2.18. The molecule has 7 heteroatoms. The molecule has 2 heterocycles. The van der Waals surface area contributed by atoms with Gasteiger partial charge in [-0.3, -0.25) is 14.6 Å². The lowest BCUT2D eigenvalue weighted by atomic mass is 9.94. The normalized spacial score (nSPS) is 19.1. The summed E-state index contributed by atoms with van der Waals surface area (Å²) in [7, 11) is 0. The number of aryl methyl sites for hydroxylation is 1. The first-order valence-electron chi connectivity index (χ1n) is 10.7. The average molecular weight is 430 g/mol. The summed E-state index contributed by atoms with van der Waals surface area (Å²) >= 11 is 6.66. The van der Waals surface area contributed by atoms with E-state index in [9.17, 15) is 9.59 Å².